The first-order chi connectivity index (χ1) is 19.6. The number of fused-ring (bicyclic) bond motifs is 3. The molecule has 0 aliphatic carbocycles. The maximum atomic E-state index is 12.8. The average Bonchev–Trinajstić information content (AvgIpc) is 3.26. The lowest BCUT2D eigenvalue weighted by Crippen LogP contribution is -2.35. The molecule has 3 rings (SSSR count). The minimum Gasteiger partial charge on any atom is -0.389 e. The van der Waals surface area contributed by atoms with Crippen LogP contribution in [0.4, 0.5) is 5.82 Å². The van der Waals surface area contributed by atoms with E-state index in [1.165, 1.54) is 0 Å². The van der Waals surface area contributed by atoms with Crippen LogP contribution in [0.15, 0.2) is 24.3 Å². The highest BCUT2D eigenvalue weighted by Gasteiger charge is 2.24. The van der Waals surface area contributed by atoms with Gasteiger partial charge in [-0.25, -0.2) is 9.97 Å². The van der Waals surface area contributed by atoms with E-state index in [0.717, 1.165) is 5.39 Å². The first-order valence-electron chi connectivity index (χ1n) is 13.2. The van der Waals surface area contributed by atoms with E-state index >= 15 is 0 Å². The van der Waals surface area contributed by atoms with Crippen LogP contribution in [0.3, 0.4) is 0 Å². The summed E-state index contributed by atoms with van der Waals surface area (Å²) in [5, 5.41) is 16.7. The highest BCUT2D eigenvalue weighted by molar-refractivity contribution is 6.10. The van der Waals surface area contributed by atoms with Gasteiger partial charge in [0, 0.05) is 12.0 Å². The number of aliphatic hydroxyl groups is 1. The van der Waals surface area contributed by atoms with Gasteiger partial charge >= 0.3 is 0 Å². The van der Waals surface area contributed by atoms with Crippen molar-refractivity contribution in [1.29, 1.82) is 0 Å². The lowest BCUT2D eigenvalue weighted by molar-refractivity contribution is -0.128. The number of hydrogen-bond acceptors (Lipinski definition) is 10. The number of nitrogens with two attached hydrogens (primary N) is 1. The molecule has 0 radical (unpaired) electrons. The summed E-state index contributed by atoms with van der Waals surface area (Å²) in [6.45, 7) is 6.36. The monoisotopic (exact) mass is 574 g/mol. The number of imidazole rings is 1. The number of ether oxygens (including phenoxy) is 4. The number of para-hydroxylation sites is 1. The second kappa shape index (κ2) is 15.3. The predicted octanol–water partition coefficient (Wildman–Crippen LogP) is 0.482. The molecule has 0 fully saturated rings. The first kappa shape index (κ1) is 31.8. The number of nitrogens with zero attached hydrogens (tertiary/aromatic N) is 3. The summed E-state index contributed by atoms with van der Waals surface area (Å²) in [5.41, 5.74) is 5.71. The van der Waals surface area contributed by atoms with Crippen molar-refractivity contribution in [2.24, 2.45) is 5.73 Å². The van der Waals surface area contributed by atoms with Gasteiger partial charge < -0.3 is 45.0 Å². The minimum atomic E-state index is -1.04. The Morgan fingerprint density at radius 3 is 2.34 bits per heavy atom. The van der Waals surface area contributed by atoms with Gasteiger partial charge in [-0.2, -0.15) is 0 Å². The van der Waals surface area contributed by atoms with Crippen molar-refractivity contribution in [3.63, 3.8) is 0 Å². The van der Waals surface area contributed by atoms with Crippen molar-refractivity contribution >= 4 is 45.5 Å². The normalized spacial score (nSPS) is 11.7. The Bertz CT molecular complexity index is 1340. The van der Waals surface area contributed by atoms with E-state index in [2.05, 4.69) is 15.6 Å². The molecule has 3 amide bonds. The molecule has 3 aromatic rings. The number of benzene rings is 1. The van der Waals surface area contributed by atoms with Gasteiger partial charge in [-0.05, 0) is 26.8 Å². The number of carbonyl (C=O) groups is 3. The zero-order valence-electron chi connectivity index (χ0n) is 23.6. The van der Waals surface area contributed by atoms with Crippen molar-refractivity contribution in [2.75, 3.05) is 58.1 Å². The van der Waals surface area contributed by atoms with Crippen LogP contribution in [0.5, 0.6) is 0 Å². The molecule has 0 bridgehead atoms. The summed E-state index contributed by atoms with van der Waals surface area (Å²) in [6.07, 6.45) is 0. The Kier molecular flexibility index (Phi) is 11.9. The van der Waals surface area contributed by atoms with Gasteiger partial charge in [-0.3, -0.25) is 14.4 Å². The summed E-state index contributed by atoms with van der Waals surface area (Å²) in [5.74, 6) is -0.705. The Hall–Kier alpha value is -3.69. The second-order valence-electron chi connectivity index (χ2n) is 9.75. The van der Waals surface area contributed by atoms with Gasteiger partial charge in [0.15, 0.2) is 5.82 Å². The molecule has 0 atom stereocenters. The number of rotatable bonds is 18. The predicted molar refractivity (Wildman–Crippen MR) is 150 cm³/mol. The molecule has 5 N–H and O–H groups in total. The fourth-order valence-electron chi connectivity index (χ4n) is 3.91. The van der Waals surface area contributed by atoms with Gasteiger partial charge in [-0.1, -0.05) is 18.2 Å². The van der Waals surface area contributed by atoms with Gasteiger partial charge in [0.1, 0.15) is 31.2 Å². The number of primary amides is 1. The van der Waals surface area contributed by atoms with Crippen LogP contribution in [-0.2, 0) is 46.5 Å². The topological polar surface area (TPSA) is 189 Å². The van der Waals surface area contributed by atoms with E-state index in [-0.39, 0.29) is 65.2 Å². The maximum absolute atomic E-state index is 12.8. The van der Waals surface area contributed by atoms with Crippen LogP contribution in [0, 0.1) is 0 Å². The molecule has 2 aromatic heterocycles. The average molecular weight is 575 g/mol. The number of pyridine rings is 1. The van der Waals surface area contributed by atoms with E-state index in [0.29, 0.717) is 29.0 Å². The second-order valence-corrected chi connectivity index (χ2v) is 9.75. The largest absolute Gasteiger partial charge is 0.389 e. The molecule has 0 saturated heterocycles. The standard InChI is InChI=1S/C27H38N6O8/c1-4-38-15-21-31-24-25(33(21)17-27(2,3)37)18-7-5-6-8-19(18)30-26(24)32-22(35)13-29-23(36)16-41-12-10-39-9-11-40-14-20(28)34/h5-8,37H,4,9-17H2,1-3H3,(H2,28,34)(H,29,36)(H,30,32,35). The fourth-order valence-corrected chi connectivity index (χ4v) is 3.91. The van der Waals surface area contributed by atoms with Crippen molar-refractivity contribution in [2.45, 2.75) is 39.5 Å². The van der Waals surface area contributed by atoms with Crippen molar-refractivity contribution in [1.82, 2.24) is 19.9 Å². The van der Waals surface area contributed by atoms with E-state index in [4.69, 9.17) is 29.7 Å². The van der Waals surface area contributed by atoms with Crippen LogP contribution in [0.2, 0.25) is 0 Å². The van der Waals surface area contributed by atoms with Crippen LogP contribution in [-0.4, -0.2) is 95.8 Å². The quantitative estimate of drug-likeness (QED) is 0.156. The van der Waals surface area contributed by atoms with Gasteiger partial charge in [0.05, 0.1) is 56.2 Å². The molecular weight excluding hydrogens is 536 g/mol. The van der Waals surface area contributed by atoms with E-state index in [1.807, 2.05) is 35.8 Å². The maximum Gasteiger partial charge on any atom is 0.246 e. The lowest BCUT2D eigenvalue weighted by atomic mass is 10.1. The van der Waals surface area contributed by atoms with Crippen LogP contribution in [0.1, 0.15) is 26.6 Å². The Labute approximate surface area is 237 Å². The SMILES string of the molecule is CCOCc1nc2c(NC(=O)CNC(=O)COCCOCCOCC(N)=O)nc3ccccc3c2n1CC(C)(C)O. The molecule has 0 aliphatic rings. The fraction of sp³-hybridized carbons (Fsp3) is 0.519. The smallest absolute Gasteiger partial charge is 0.246 e. The molecule has 1 aromatic carbocycles. The minimum absolute atomic E-state index is 0.159. The van der Waals surface area contributed by atoms with Gasteiger partial charge in [-0.15, -0.1) is 0 Å². The number of amides is 3. The number of aromatic nitrogens is 3. The summed E-state index contributed by atoms with van der Waals surface area (Å²) in [6, 6.07) is 7.46. The highest BCUT2D eigenvalue weighted by atomic mass is 16.5. The summed E-state index contributed by atoms with van der Waals surface area (Å²) in [4.78, 5) is 44.8. The third kappa shape index (κ3) is 10.0. The molecule has 224 valence electrons. The van der Waals surface area contributed by atoms with E-state index in [9.17, 15) is 19.5 Å². The third-order valence-corrected chi connectivity index (χ3v) is 5.57. The third-order valence-electron chi connectivity index (χ3n) is 5.57. The zero-order valence-corrected chi connectivity index (χ0v) is 23.6. The molecule has 14 heteroatoms. The Balaban J connectivity index is 1.61. The zero-order chi connectivity index (χ0) is 29.8. The molecule has 0 unspecified atom stereocenters. The lowest BCUT2D eigenvalue weighted by Gasteiger charge is -2.20. The number of anilines is 1. The Morgan fingerprint density at radius 1 is 0.976 bits per heavy atom. The van der Waals surface area contributed by atoms with Crippen molar-refractivity contribution in [3.8, 4) is 0 Å². The molecule has 0 saturated carbocycles. The van der Waals surface area contributed by atoms with Crippen molar-refractivity contribution < 1.29 is 38.4 Å². The first-order valence-corrected chi connectivity index (χ1v) is 13.2. The number of hydrogen-bond donors (Lipinski definition) is 4. The van der Waals surface area contributed by atoms with E-state index < -0.39 is 23.3 Å². The number of carbonyl (C=O) groups excluding carboxylic acids is 3. The molecular formula is C27H38N6O8. The van der Waals surface area contributed by atoms with E-state index in [1.54, 1.807) is 13.8 Å². The van der Waals surface area contributed by atoms with Gasteiger partial charge in [0.25, 0.3) is 0 Å². The summed E-state index contributed by atoms with van der Waals surface area (Å²) < 4.78 is 23.0. The summed E-state index contributed by atoms with van der Waals surface area (Å²) in [7, 11) is 0. The number of nitrogens with one attached hydrogen (secondary N) is 2. The summed E-state index contributed by atoms with van der Waals surface area (Å²) >= 11 is 0. The van der Waals surface area contributed by atoms with Crippen LogP contribution >= 0.6 is 0 Å². The molecule has 41 heavy (non-hydrogen) atoms. The molecule has 2 heterocycles. The Morgan fingerprint density at radius 2 is 1.66 bits per heavy atom. The van der Waals surface area contributed by atoms with Gasteiger partial charge in [0.2, 0.25) is 17.7 Å². The van der Waals surface area contributed by atoms with Crippen molar-refractivity contribution in [3.05, 3.63) is 30.1 Å². The van der Waals surface area contributed by atoms with Crippen LogP contribution in [0.25, 0.3) is 21.9 Å². The molecule has 0 aliphatic heterocycles. The molecule has 14 nitrogen and oxygen atoms in total. The molecule has 0 spiro atoms. The highest BCUT2D eigenvalue weighted by Crippen LogP contribution is 2.31. The van der Waals surface area contributed by atoms with Crippen LogP contribution < -0.4 is 16.4 Å².